The number of halogens is 1. The minimum absolute atomic E-state index is 0.173. The number of benzene rings is 1. The van der Waals surface area contributed by atoms with Gasteiger partial charge in [0.05, 0.1) is 36.2 Å². The van der Waals surface area contributed by atoms with Gasteiger partial charge >= 0.3 is 0 Å². The van der Waals surface area contributed by atoms with Crippen LogP contribution in [0.5, 0.6) is 5.88 Å². The van der Waals surface area contributed by atoms with Crippen LogP contribution in [0.1, 0.15) is 18.4 Å². The van der Waals surface area contributed by atoms with Gasteiger partial charge < -0.3 is 25.3 Å². The van der Waals surface area contributed by atoms with Crippen LogP contribution >= 0.6 is 0 Å². The number of carbonyl (C=O) groups excluding carboxylic acids is 1. The fraction of sp³-hybridized carbons (Fsp3) is 0.429. The van der Waals surface area contributed by atoms with Crippen molar-refractivity contribution in [3.63, 3.8) is 0 Å². The van der Waals surface area contributed by atoms with Crippen LogP contribution in [0.2, 0.25) is 0 Å². The van der Waals surface area contributed by atoms with E-state index in [-0.39, 0.29) is 18.4 Å². The van der Waals surface area contributed by atoms with Crippen LogP contribution in [0.3, 0.4) is 0 Å². The molecule has 2 fully saturated rings. The number of alkyl halides is 1. The maximum absolute atomic E-state index is 14.5. The number of nitrogens with one attached hydrogen (secondary N) is 3. The lowest BCUT2D eigenvalue weighted by atomic mass is 10.1. The Balaban J connectivity index is 1.26. The summed E-state index contributed by atoms with van der Waals surface area (Å²) in [5.74, 6) is 0.680. The molecule has 0 unspecified atom stereocenters. The molecule has 0 radical (unpaired) electrons. The molecule has 5 heterocycles. The van der Waals surface area contributed by atoms with Gasteiger partial charge in [-0.2, -0.15) is 0 Å². The molecule has 3 aromatic heterocycles. The molecule has 11 nitrogen and oxygen atoms in total. The van der Waals surface area contributed by atoms with E-state index in [1.165, 1.54) is 0 Å². The highest BCUT2D eigenvalue weighted by Crippen LogP contribution is 2.35. The van der Waals surface area contributed by atoms with Crippen LogP contribution in [0.15, 0.2) is 36.8 Å². The van der Waals surface area contributed by atoms with Gasteiger partial charge in [-0.1, -0.05) is 12.1 Å². The number of anilines is 3. The van der Waals surface area contributed by atoms with Crippen LogP contribution < -0.4 is 15.4 Å². The highest BCUT2D eigenvalue weighted by atomic mass is 19.1. The summed E-state index contributed by atoms with van der Waals surface area (Å²) in [7, 11) is 5.44. The standard InChI is InChI=1S/C28H34FN9O2/c1-16-11-31-28(33-22-15-37(3)35-27(22)40-4)34-24(16)20-12-30-25-19(20)6-5-7-21(25)32-26(39)23-10-17(29)13-38(23)18-8-9-36(2)14-18/h5-7,11-12,15,17-18,23,30H,8-10,13-14H2,1-4H3,(H,32,39)(H,31,33,34)/t17-,18+,23+/m0/s1. The summed E-state index contributed by atoms with van der Waals surface area (Å²) < 4.78 is 21.5. The number of H-pyrrole nitrogens is 1. The minimum Gasteiger partial charge on any atom is -0.478 e. The zero-order valence-corrected chi connectivity index (χ0v) is 23.1. The monoisotopic (exact) mass is 547 g/mol. The molecule has 4 aromatic rings. The fourth-order valence-electron chi connectivity index (χ4n) is 5.92. The highest BCUT2D eigenvalue weighted by Gasteiger charge is 2.42. The lowest BCUT2D eigenvalue weighted by molar-refractivity contribution is -0.121. The Labute approximate surface area is 231 Å². The zero-order chi connectivity index (χ0) is 28.0. The number of methoxy groups -OCH3 is 1. The van der Waals surface area contributed by atoms with Crippen LogP contribution in [0.25, 0.3) is 22.2 Å². The number of aromatic amines is 1. The Kier molecular flexibility index (Phi) is 6.88. The number of aryl methyl sites for hydroxylation is 2. The van der Waals surface area contributed by atoms with E-state index in [1.54, 1.807) is 24.2 Å². The van der Waals surface area contributed by atoms with Crippen molar-refractivity contribution >= 4 is 34.1 Å². The number of para-hydroxylation sites is 1. The molecular formula is C28H34FN9O2. The third-order valence-corrected chi connectivity index (χ3v) is 7.86. The van der Waals surface area contributed by atoms with Crippen molar-refractivity contribution < 1.29 is 13.9 Å². The Morgan fingerprint density at radius 3 is 2.85 bits per heavy atom. The predicted octanol–water partition coefficient (Wildman–Crippen LogP) is 3.47. The SMILES string of the molecule is COc1nn(C)cc1Nc1ncc(C)c(-c2c[nH]c3c(NC(=O)[C@H]4C[C@H](F)CN4[C@@H]4CCN(C)C4)cccc23)n1. The first-order valence-corrected chi connectivity index (χ1v) is 13.5. The summed E-state index contributed by atoms with van der Waals surface area (Å²) in [4.78, 5) is 30.3. The van der Waals surface area contributed by atoms with Crippen LogP contribution in [0, 0.1) is 6.92 Å². The number of hydrogen-bond donors (Lipinski definition) is 3. The molecule has 6 rings (SSSR count). The normalized spacial score (nSPS) is 21.8. The summed E-state index contributed by atoms with van der Waals surface area (Å²) in [6.07, 6.45) is 5.62. The molecule has 2 aliphatic heterocycles. The van der Waals surface area contributed by atoms with Gasteiger partial charge in [0.2, 0.25) is 11.9 Å². The van der Waals surface area contributed by atoms with Crippen molar-refractivity contribution in [3.8, 4) is 17.1 Å². The van der Waals surface area contributed by atoms with E-state index in [0.717, 1.165) is 47.2 Å². The van der Waals surface area contributed by atoms with Gasteiger partial charge in [0.15, 0.2) is 0 Å². The summed E-state index contributed by atoms with van der Waals surface area (Å²) in [5, 5.41) is 11.5. The second-order valence-corrected chi connectivity index (χ2v) is 10.7. The first-order chi connectivity index (χ1) is 19.3. The maximum atomic E-state index is 14.5. The first-order valence-electron chi connectivity index (χ1n) is 13.5. The van der Waals surface area contributed by atoms with E-state index in [4.69, 9.17) is 9.72 Å². The van der Waals surface area contributed by atoms with Crippen molar-refractivity contribution in [1.29, 1.82) is 0 Å². The van der Waals surface area contributed by atoms with Gasteiger partial charge in [-0.15, -0.1) is 5.10 Å². The first kappa shape index (κ1) is 26.2. The van der Waals surface area contributed by atoms with Gasteiger partial charge in [-0.3, -0.25) is 14.4 Å². The van der Waals surface area contributed by atoms with E-state index in [1.807, 2.05) is 38.4 Å². The molecule has 0 saturated carbocycles. The molecule has 1 amide bonds. The topological polar surface area (TPSA) is 116 Å². The number of fused-ring (bicyclic) bond motifs is 1. The molecule has 3 N–H and O–H groups in total. The summed E-state index contributed by atoms with van der Waals surface area (Å²) >= 11 is 0. The average Bonchev–Trinajstić information content (AvgIpc) is 3.71. The number of hydrogen-bond acceptors (Lipinski definition) is 8. The number of ether oxygens (including phenoxy) is 1. The quantitative estimate of drug-likeness (QED) is 0.322. The Hall–Kier alpha value is -4.03. The molecule has 40 heavy (non-hydrogen) atoms. The zero-order valence-electron chi connectivity index (χ0n) is 23.1. The lowest BCUT2D eigenvalue weighted by Gasteiger charge is -2.29. The number of nitrogens with zero attached hydrogens (tertiary/aromatic N) is 6. The Morgan fingerprint density at radius 2 is 2.08 bits per heavy atom. The second-order valence-electron chi connectivity index (χ2n) is 10.7. The summed E-state index contributed by atoms with van der Waals surface area (Å²) in [5.41, 5.74) is 4.63. The van der Waals surface area contributed by atoms with Crippen molar-refractivity contribution in [2.45, 2.75) is 38.0 Å². The fourth-order valence-corrected chi connectivity index (χ4v) is 5.92. The van der Waals surface area contributed by atoms with Crippen LogP contribution in [-0.4, -0.2) is 92.5 Å². The molecule has 1 aromatic carbocycles. The average molecular weight is 548 g/mol. The number of amides is 1. The molecule has 210 valence electrons. The van der Waals surface area contributed by atoms with Crippen molar-refractivity contribution in [3.05, 3.63) is 42.4 Å². The van der Waals surface area contributed by atoms with E-state index in [9.17, 15) is 9.18 Å². The van der Waals surface area contributed by atoms with E-state index in [0.29, 0.717) is 29.7 Å². The van der Waals surface area contributed by atoms with E-state index in [2.05, 4.69) is 42.5 Å². The Morgan fingerprint density at radius 1 is 1.23 bits per heavy atom. The molecule has 0 aliphatic carbocycles. The van der Waals surface area contributed by atoms with Crippen LogP contribution in [0.4, 0.5) is 21.7 Å². The predicted molar refractivity (Wildman–Crippen MR) is 152 cm³/mol. The molecular weight excluding hydrogens is 513 g/mol. The minimum atomic E-state index is -0.996. The van der Waals surface area contributed by atoms with Gasteiger partial charge in [0.25, 0.3) is 5.88 Å². The third kappa shape index (κ3) is 4.88. The van der Waals surface area contributed by atoms with E-state index < -0.39 is 12.2 Å². The number of aromatic nitrogens is 5. The Bertz CT molecular complexity index is 1550. The summed E-state index contributed by atoms with van der Waals surface area (Å²) in [6.45, 7) is 4.08. The molecule has 0 spiro atoms. The van der Waals surface area contributed by atoms with Gasteiger partial charge in [-0.05, 0) is 38.6 Å². The molecule has 2 aliphatic rings. The van der Waals surface area contributed by atoms with Crippen molar-refractivity contribution in [1.82, 2.24) is 34.5 Å². The largest absolute Gasteiger partial charge is 0.478 e. The van der Waals surface area contributed by atoms with Gasteiger partial charge in [0, 0.05) is 55.9 Å². The van der Waals surface area contributed by atoms with Gasteiger partial charge in [0.1, 0.15) is 11.9 Å². The molecule has 12 heteroatoms. The second kappa shape index (κ2) is 10.5. The number of likely N-dealkylation sites (N-methyl/N-ethyl adjacent to an activating group) is 1. The lowest BCUT2D eigenvalue weighted by Crippen LogP contribution is -2.46. The van der Waals surface area contributed by atoms with Gasteiger partial charge in [-0.25, -0.2) is 14.4 Å². The summed E-state index contributed by atoms with van der Waals surface area (Å²) in [6, 6.07) is 5.47. The molecule has 0 bridgehead atoms. The molecule has 3 atom stereocenters. The smallest absolute Gasteiger partial charge is 0.256 e. The number of likely N-dealkylation sites (tertiary alicyclic amines) is 2. The van der Waals surface area contributed by atoms with E-state index >= 15 is 0 Å². The maximum Gasteiger partial charge on any atom is 0.256 e. The van der Waals surface area contributed by atoms with Crippen molar-refractivity contribution in [2.24, 2.45) is 7.05 Å². The van der Waals surface area contributed by atoms with Crippen LogP contribution in [-0.2, 0) is 11.8 Å². The molecule has 2 saturated heterocycles. The van der Waals surface area contributed by atoms with Crippen molar-refractivity contribution in [2.75, 3.05) is 44.4 Å². The number of carbonyl (C=O) groups is 1. The third-order valence-electron chi connectivity index (χ3n) is 7.86. The highest BCUT2D eigenvalue weighted by molar-refractivity contribution is 6.06. The number of rotatable bonds is 7.